The number of rotatable bonds is 5. The van der Waals surface area contributed by atoms with Gasteiger partial charge in [0.15, 0.2) is 0 Å². The highest BCUT2D eigenvalue weighted by atomic mass is 16.5. The fourth-order valence-electron chi connectivity index (χ4n) is 2.29. The lowest BCUT2D eigenvalue weighted by Gasteiger charge is -2.33. The number of hydrogen-bond acceptors (Lipinski definition) is 4. The molecular formula is C12H21N3O. The molecule has 4 nitrogen and oxygen atoms in total. The lowest BCUT2D eigenvalue weighted by atomic mass is 10.1. The van der Waals surface area contributed by atoms with Gasteiger partial charge >= 0.3 is 0 Å². The van der Waals surface area contributed by atoms with E-state index >= 15 is 0 Å². The van der Waals surface area contributed by atoms with Crippen molar-refractivity contribution in [3.8, 4) is 6.07 Å². The van der Waals surface area contributed by atoms with E-state index < -0.39 is 0 Å². The highest BCUT2D eigenvalue weighted by Crippen LogP contribution is 2.20. The first-order chi connectivity index (χ1) is 7.81. The zero-order valence-electron chi connectivity index (χ0n) is 9.98. The summed E-state index contributed by atoms with van der Waals surface area (Å²) in [5, 5.41) is 12.5. The van der Waals surface area contributed by atoms with E-state index in [1.54, 1.807) is 7.11 Å². The maximum atomic E-state index is 9.09. The first kappa shape index (κ1) is 11.8. The number of nitrogens with one attached hydrogen (secondary N) is 1. The van der Waals surface area contributed by atoms with Gasteiger partial charge in [-0.1, -0.05) is 0 Å². The minimum Gasteiger partial charge on any atom is -0.380 e. The molecule has 2 fully saturated rings. The van der Waals surface area contributed by atoms with Gasteiger partial charge in [-0.25, -0.2) is 0 Å². The average molecular weight is 223 g/mol. The second kappa shape index (κ2) is 5.62. The van der Waals surface area contributed by atoms with Crippen LogP contribution in [0.1, 0.15) is 25.7 Å². The predicted molar refractivity (Wildman–Crippen MR) is 62.0 cm³/mol. The van der Waals surface area contributed by atoms with Gasteiger partial charge in [-0.2, -0.15) is 5.26 Å². The number of methoxy groups -OCH3 is 1. The summed E-state index contributed by atoms with van der Waals surface area (Å²) in [6.45, 7) is 2.91. The molecule has 4 heteroatoms. The van der Waals surface area contributed by atoms with E-state index in [1.165, 1.54) is 19.3 Å². The number of nitriles is 1. The molecule has 1 saturated heterocycles. The quantitative estimate of drug-likeness (QED) is 0.747. The van der Waals surface area contributed by atoms with E-state index in [2.05, 4.69) is 16.3 Å². The maximum Gasteiger partial charge on any atom is 0.108 e. The number of piperidine rings is 1. The Labute approximate surface area is 97.6 Å². The van der Waals surface area contributed by atoms with E-state index in [1.807, 2.05) is 0 Å². The highest BCUT2D eigenvalue weighted by molar-refractivity contribution is 4.97. The Morgan fingerprint density at radius 3 is 2.94 bits per heavy atom. The van der Waals surface area contributed by atoms with Crippen molar-refractivity contribution in [2.24, 2.45) is 0 Å². The molecule has 2 aliphatic rings. The molecular weight excluding hydrogens is 202 g/mol. The standard InChI is InChI=1S/C12H21N3O/c1-16-12-3-2-6-15(9-12)8-11(7-13)14-10-4-5-10/h10-12,14H,2-6,8-9H2,1H3. The molecule has 0 aromatic heterocycles. The third kappa shape index (κ3) is 3.44. The van der Waals surface area contributed by atoms with Crippen molar-refractivity contribution in [1.29, 1.82) is 5.26 Å². The van der Waals surface area contributed by atoms with Crippen LogP contribution in [-0.4, -0.2) is 49.8 Å². The van der Waals surface area contributed by atoms with E-state index in [-0.39, 0.29) is 6.04 Å². The highest BCUT2D eigenvalue weighted by Gasteiger charge is 2.27. The summed E-state index contributed by atoms with van der Waals surface area (Å²) in [4.78, 5) is 2.35. The molecule has 0 spiro atoms. The van der Waals surface area contributed by atoms with Crippen LogP contribution in [0.15, 0.2) is 0 Å². The van der Waals surface area contributed by atoms with E-state index in [9.17, 15) is 0 Å². The summed E-state index contributed by atoms with van der Waals surface area (Å²) >= 11 is 0. The van der Waals surface area contributed by atoms with Crippen LogP contribution in [0, 0.1) is 11.3 Å². The molecule has 2 rings (SSSR count). The first-order valence-electron chi connectivity index (χ1n) is 6.22. The summed E-state index contributed by atoms with van der Waals surface area (Å²) in [5.74, 6) is 0. The number of ether oxygens (including phenoxy) is 1. The largest absolute Gasteiger partial charge is 0.380 e. The fourth-order valence-corrected chi connectivity index (χ4v) is 2.29. The van der Waals surface area contributed by atoms with Gasteiger partial charge in [-0.05, 0) is 32.2 Å². The zero-order chi connectivity index (χ0) is 11.4. The van der Waals surface area contributed by atoms with Gasteiger partial charge in [-0.3, -0.25) is 10.2 Å². The zero-order valence-corrected chi connectivity index (χ0v) is 9.98. The smallest absolute Gasteiger partial charge is 0.108 e. The maximum absolute atomic E-state index is 9.09. The Balaban J connectivity index is 1.75. The minimum absolute atomic E-state index is 0.0110. The molecule has 0 aromatic carbocycles. The van der Waals surface area contributed by atoms with Crippen molar-refractivity contribution in [2.45, 2.75) is 43.9 Å². The summed E-state index contributed by atoms with van der Waals surface area (Å²) in [6.07, 6.45) is 5.16. The Morgan fingerprint density at radius 2 is 2.31 bits per heavy atom. The molecule has 1 aliphatic carbocycles. The molecule has 2 atom stereocenters. The molecule has 0 radical (unpaired) electrons. The average Bonchev–Trinajstić information content (AvgIpc) is 3.12. The third-order valence-corrected chi connectivity index (χ3v) is 3.41. The Morgan fingerprint density at radius 1 is 1.50 bits per heavy atom. The molecule has 0 aromatic rings. The van der Waals surface area contributed by atoms with E-state index in [0.29, 0.717) is 12.1 Å². The van der Waals surface area contributed by atoms with Crippen LogP contribution < -0.4 is 5.32 Å². The molecule has 90 valence electrons. The number of likely N-dealkylation sites (tertiary alicyclic amines) is 1. The van der Waals surface area contributed by atoms with Gasteiger partial charge in [0.1, 0.15) is 6.04 Å². The van der Waals surface area contributed by atoms with Crippen LogP contribution >= 0.6 is 0 Å². The normalized spacial score (nSPS) is 28.6. The molecule has 0 bridgehead atoms. The monoisotopic (exact) mass is 223 g/mol. The molecule has 2 unspecified atom stereocenters. The Kier molecular flexibility index (Phi) is 4.16. The Hall–Kier alpha value is -0.630. The molecule has 1 heterocycles. The minimum atomic E-state index is -0.0110. The molecule has 1 aliphatic heterocycles. The van der Waals surface area contributed by atoms with Crippen LogP contribution in [0.2, 0.25) is 0 Å². The van der Waals surface area contributed by atoms with Crippen molar-refractivity contribution in [3.05, 3.63) is 0 Å². The lowest BCUT2D eigenvalue weighted by Crippen LogP contribution is -2.46. The second-order valence-corrected chi connectivity index (χ2v) is 4.88. The first-order valence-corrected chi connectivity index (χ1v) is 6.22. The Bertz CT molecular complexity index is 259. The number of nitrogens with zero attached hydrogens (tertiary/aromatic N) is 2. The summed E-state index contributed by atoms with van der Waals surface area (Å²) in [7, 11) is 1.78. The summed E-state index contributed by atoms with van der Waals surface area (Å²) in [6, 6.07) is 2.95. The van der Waals surface area contributed by atoms with Gasteiger partial charge in [0.25, 0.3) is 0 Å². The van der Waals surface area contributed by atoms with Crippen molar-refractivity contribution in [2.75, 3.05) is 26.7 Å². The third-order valence-electron chi connectivity index (χ3n) is 3.41. The van der Waals surface area contributed by atoms with Crippen LogP contribution in [0.5, 0.6) is 0 Å². The van der Waals surface area contributed by atoms with Crippen LogP contribution in [0.3, 0.4) is 0 Å². The van der Waals surface area contributed by atoms with Gasteiger partial charge < -0.3 is 4.74 Å². The second-order valence-electron chi connectivity index (χ2n) is 4.88. The van der Waals surface area contributed by atoms with Crippen molar-refractivity contribution < 1.29 is 4.74 Å². The van der Waals surface area contributed by atoms with Crippen molar-refractivity contribution in [1.82, 2.24) is 10.2 Å². The van der Waals surface area contributed by atoms with Gasteiger partial charge in [-0.15, -0.1) is 0 Å². The molecule has 0 amide bonds. The van der Waals surface area contributed by atoms with Gasteiger partial charge in [0, 0.05) is 26.2 Å². The lowest BCUT2D eigenvalue weighted by molar-refractivity contribution is 0.0299. The molecule has 1 N–H and O–H groups in total. The van der Waals surface area contributed by atoms with E-state index in [0.717, 1.165) is 26.1 Å². The molecule has 1 saturated carbocycles. The van der Waals surface area contributed by atoms with Crippen molar-refractivity contribution in [3.63, 3.8) is 0 Å². The fraction of sp³-hybridized carbons (Fsp3) is 0.917. The van der Waals surface area contributed by atoms with Crippen LogP contribution in [-0.2, 0) is 4.74 Å². The van der Waals surface area contributed by atoms with Gasteiger partial charge in [0.05, 0.1) is 12.2 Å². The van der Waals surface area contributed by atoms with Crippen LogP contribution in [0.4, 0.5) is 0 Å². The number of hydrogen-bond donors (Lipinski definition) is 1. The van der Waals surface area contributed by atoms with E-state index in [4.69, 9.17) is 10.00 Å². The predicted octanol–water partition coefficient (Wildman–Crippen LogP) is 0.741. The summed E-state index contributed by atoms with van der Waals surface area (Å²) in [5.41, 5.74) is 0. The SMILES string of the molecule is COC1CCCN(CC(C#N)NC2CC2)C1. The summed E-state index contributed by atoms with van der Waals surface area (Å²) < 4.78 is 5.39. The molecule has 16 heavy (non-hydrogen) atoms. The topological polar surface area (TPSA) is 48.3 Å². The van der Waals surface area contributed by atoms with Crippen LogP contribution in [0.25, 0.3) is 0 Å². The van der Waals surface area contributed by atoms with Gasteiger partial charge in [0.2, 0.25) is 0 Å². The van der Waals surface area contributed by atoms with Crippen molar-refractivity contribution >= 4 is 0 Å².